The summed E-state index contributed by atoms with van der Waals surface area (Å²) in [7, 11) is -2.26. The molecule has 6 nitrogen and oxygen atoms in total. The summed E-state index contributed by atoms with van der Waals surface area (Å²) < 4.78 is 72.8. The Kier molecular flexibility index (Phi) is 7.39. The lowest BCUT2D eigenvalue weighted by molar-refractivity contribution is -0.137. The van der Waals surface area contributed by atoms with Gasteiger partial charge in [0.25, 0.3) is 5.91 Å². The highest BCUT2D eigenvalue weighted by atomic mass is 32.2. The van der Waals surface area contributed by atoms with E-state index < -0.39 is 27.7 Å². The van der Waals surface area contributed by atoms with Crippen LogP contribution in [0.4, 0.5) is 18.9 Å². The van der Waals surface area contributed by atoms with Gasteiger partial charge in [-0.05, 0) is 77.6 Å². The third kappa shape index (κ3) is 5.73. The monoisotopic (exact) mass is 566 g/mol. The zero-order valence-electron chi connectivity index (χ0n) is 21.3. The summed E-state index contributed by atoms with van der Waals surface area (Å²) in [5, 5.41) is 2.86. The first-order chi connectivity index (χ1) is 19.0. The van der Waals surface area contributed by atoms with E-state index in [1.807, 2.05) is 6.07 Å². The van der Waals surface area contributed by atoms with Crippen molar-refractivity contribution in [1.82, 2.24) is 4.72 Å². The normalized spacial score (nSPS) is 14.9. The third-order valence-corrected chi connectivity index (χ3v) is 8.30. The average Bonchev–Trinajstić information content (AvgIpc) is 3.33. The number of benzene rings is 4. The van der Waals surface area contributed by atoms with Crippen molar-refractivity contribution in [3.8, 4) is 16.9 Å². The van der Waals surface area contributed by atoms with Crippen LogP contribution in [0, 0.1) is 0 Å². The standard InChI is InChI=1S/C30H25F3N2O4S/c1-39-27-9-5-8-26(19-10-13-22(14-11-19)30(31,32)33)28(27)29(36)34-23-15-12-20-16-24(18-21(20)17-23)35-40(37,38)25-6-3-2-4-7-25/h2-15,17,24,35H,16,18H2,1H3,(H,34,36). The molecular weight excluding hydrogens is 541 g/mol. The molecule has 1 amide bonds. The Balaban J connectivity index is 1.36. The molecule has 4 aromatic rings. The molecule has 1 atom stereocenters. The summed E-state index contributed by atoms with van der Waals surface area (Å²) in [6.07, 6.45) is -3.50. The molecule has 0 heterocycles. The second-order valence-electron chi connectivity index (χ2n) is 9.44. The zero-order valence-corrected chi connectivity index (χ0v) is 22.1. The van der Waals surface area contributed by atoms with Crippen molar-refractivity contribution in [1.29, 1.82) is 0 Å². The molecule has 40 heavy (non-hydrogen) atoms. The van der Waals surface area contributed by atoms with Crippen molar-refractivity contribution < 1.29 is 31.1 Å². The molecule has 5 rings (SSSR count). The van der Waals surface area contributed by atoms with E-state index in [0.29, 0.717) is 29.7 Å². The van der Waals surface area contributed by atoms with Crippen molar-refractivity contribution in [2.24, 2.45) is 0 Å². The highest BCUT2D eigenvalue weighted by molar-refractivity contribution is 7.89. The van der Waals surface area contributed by atoms with Gasteiger partial charge in [-0.3, -0.25) is 4.79 Å². The molecule has 0 radical (unpaired) electrons. The second kappa shape index (κ2) is 10.8. The molecular formula is C30H25F3N2O4S. The molecule has 2 N–H and O–H groups in total. The summed E-state index contributed by atoms with van der Waals surface area (Å²) in [5.74, 6) is -0.224. The summed E-state index contributed by atoms with van der Waals surface area (Å²) in [4.78, 5) is 13.7. The number of rotatable bonds is 7. The Morgan fingerprint density at radius 1 is 0.875 bits per heavy atom. The second-order valence-corrected chi connectivity index (χ2v) is 11.1. The number of alkyl halides is 3. The molecule has 0 fully saturated rings. The van der Waals surface area contributed by atoms with Gasteiger partial charge in [0.2, 0.25) is 10.0 Å². The number of carbonyl (C=O) groups excluding carboxylic acids is 1. The minimum absolute atomic E-state index is 0.179. The van der Waals surface area contributed by atoms with Crippen molar-refractivity contribution in [2.75, 3.05) is 12.4 Å². The number of sulfonamides is 1. The number of carbonyl (C=O) groups is 1. The summed E-state index contributed by atoms with van der Waals surface area (Å²) in [5.41, 5.74) is 2.62. The number of amides is 1. The lowest BCUT2D eigenvalue weighted by Gasteiger charge is -2.15. The first kappa shape index (κ1) is 27.4. The van der Waals surface area contributed by atoms with Crippen LogP contribution in [-0.2, 0) is 29.0 Å². The summed E-state index contributed by atoms with van der Waals surface area (Å²) in [6.45, 7) is 0. The van der Waals surface area contributed by atoms with E-state index in [0.717, 1.165) is 23.3 Å². The Labute approximate surface area is 229 Å². The van der Waals surface area contributed by atoms with Gasteiger partial charge in [0.15, 0.2) is 0 Å². The van der Waals surface area contributed by atoms with Crippen LogP contribution in [0.2, 0.25) is 0 Å². The maximum atomic E-state index is 13.5. The van der Waals surface area contributed by atoms with Crippen molar-refractivity contribution in [3.63, 3.8) is 0 Å². The smallest absolute Gasteiger partial charge is 0.416 e. The van der Waals surface area contributed by atoms with E-state index in [2.05, 4.69) is 10.0 Å². The predicted molar refractivity (Wildman–Crippen MR) is 146 cm³/mol. The van der Waals surface area contributed by atoms with Gasteiger partial charge in [0, 0.05) is 11.7 Å². The number of anilines is 1. The van der Waals surface area contributed by atoms with E-state index in [1.54, 1.807) is 48.5 Å². The Bertz CT molecular complexity index is 1660. The number of nitrogens with one attached hydrogen (secondary N) is 2. The number of hydrogen-bond donors (Lipinski definition) is 2. The fourth-order valence-electron chi connectivity index (χ4n) is 4.87. The minimum atomic E-state index is -4.47. The van der Waals surface area contributed by atoms with Crippen LogP contribution in [0.1, 0.15) is 27.0 Å². The highest BCUT2D eigenvalue weighted by Crippen LogP contribution is 2.35. The quantitative estimate of drug-likeness (QED) is 0.284. The van der Waals surface area contributed by atoms with Crippen LogP contribution in [0.5, 0.6) is 5.75 Å². The van der Waals surface area contributed by atoms with Crippen LogP contribution in [0.3, 0.4) is 0 Å². The van der Waals surface area contributed by atoms with Crippen molar-refractivity contribution in [2.45, 2.75) is 30.0 Å². The van der Waals surface area contributed by atoms with Gasteiger partial charge >= 0.3 is 6.18 Å². The molecule has 0 spiro atoms. The summed E-state index contributed by atoms with van der Waals surface area (Å²) in [6, 6.07) is 22.7. The minimum Gasteiger partial charge on any atom is -0.496 e. The fourth-order valence-corrected chi connectivity index (χ4v) is 6.13. The number of ether oxygens (including phenoxy) is 1. The van der Waals surface area contributed by atoms with Crippen molar-refractivity contribution in [3.05, 3.63) is 113 Å². The molecule has 0 saturated heterocycles. The maximum absolute atomic E-state index is 13.5. The highest BCUT2D eigenvalue weighted by Gasteiger charge is 2.30. The first-order valence-corrected chi connectivity index (χ1v) is 13.9. The van der Waals surface area contributed by atoms with Crippen LogP contribution in [0.25, 0.3) is 11.1 Å². The van der Waals surface area contributed by atoms with E-state index in [-0.39, 0.29) is 22.3 Å². The van der Waals surface area contributed by atoms with Gasteiger partial charge in [-0.2, -0.15) is 13.2 Å². The lowest BCUT2D eigenvalue weighted by atomic mass is 9.97. The molecule has 206 valence electrons. The van der Waals surface area contributed by atoms with Crippen molar-refractivity contribution >= 4 is 21.6 Å². The van der Waals surface area contributed by atoms with Gasteiger partial charge in [-0.1, -0.05) is 48.5 Å². The van der Waals surface area contributed by atoms with E-state index >= 15 is 0 Å². The molecule has 10 heteroatoms. The lowest BCUT2D eigenvalue weighted by Crippen LogP contribution is -2.35. The number of hydrogen-bond acceptors (Lipinski definition) is 4. The molecule has 0 aromatic heterocycles. The van der Waals surface area contributed by atoms with E-state index in [1.165, 1.54) is 31.4 Å². The fraction of sp³-hybridized carbons (Fsp3) is 0.167. The first-order valence-electron chi connectivity index (χ1n) is 12.4. The molecule has 0 aliphatic heterocycles. The van der Waals surface area contributed by atoms with E-state index in [4.69, 9.17) is 4.74 Å². The molecule has 4 aromatic carbocycles. The summed E-state index contributed by atoms with van der Waals surface area (Å²) >= 11 is 0. The van der Waals surface area contributed by atoms with Crippen LogP contribution in [-0.4, -0.2) is 27.5 Å². The molecule has 1 aliphatic carbocycles. The molecule has 0 bridgehead atoms. The molecule has 1 unspecified atom stereocenters. The Hall–Kier alpha value is -4.15. The SMILES string of the molecule is COc1cccc(-c2ccc(C(F)(F)F)cc2)c1C(=O)Nc1ccc2c(c1)CC(NS(=O)(=O)c1ccccc1)C2. The van der Waals surface area contributed by atoms with Gasteiger partial charge in [-0.15, -0.1) is 0 Å². The number of fused-ring (bicyclic) bond motifs is 1. The molecule has 1 aliphatic rings. The Morgan fingerprint density at radius 3 is 2.25 bits per heavy atom. The largest absolute Gasteiger partial charge is 0.496 e. The maximum Gasteiger partial charge on any atom is 0.416 e. The van der Waals surface area contributed by atoms with Gasteiger partial charge in [0.1, 0.15) is 5.75 Å². The van der Waals surface area contributed by atoms with Crippen LogP contribution >= 0.6 is 0 Å². The van der Waals surface area contributed by atoms with E-state index in [9.17, 15) is 26.4 Å². The topological polar surface area (TPSA) is 84.5 Å². The number of methoxy groups -OCH3 is 1. The number of halogens is 3. The Morgan fingerprint density at radius 2 is 1.57 bits per heavy atom. The molecule has 0 saturated carbocycles. The van der Waals surface area contributed by atoms with Crippen LogP contribution < -0.4 is 14.8 Å². The van der Waals surface area contributed by atoms with Crippen LogP contribution in [0.15, 0.2) is 95.9 Å². The third-order valence-electron chi connectivity index (χ3n) is 6.77. The predicted octanol–water partition coefficient (Wildman–Crippen LogP) is 6.08. The van der Waals surface area contributed by atoms with Gasteiger partial charge in [-0.25, -0.2) is 13.1 Å². The van der Waals surface area contributed by atoms with Gasteiger partial charge < -0.3 is 10.1 Å². The average molecular weight is 567 g/mol. The zero-order chi connectivity index (χ0) is 28.5. The van der Waals surface area contributed by atoms with Gasteiger partial charge in [0.05, 0.1) is 23.1 Å².